The normalized spacial score (nSPS) is 9.92. The zero-order valence-electron chi connectivity index (χ0n) is 14.1. The number of hydrogen-bond donors (Lipinski definition) is 2. The number of nitro benzene ring substituents is 1. The first kappa shape index (κ1) is 18.7. The molecule has 0 radical (unpaired) electrons. The number of ether oxygens (including phenoxy) is 2. The maximum absolute atomic E-state index is 12.0. The minimum absolute atomic E-state index is 0.0204. The van der Waals surface area contributed by atoms with Crippen molar-refractivity contribution >= 4 is 28.9 Å². The first-order chi connectivity index (χ1) is 12.4. The number of esters is 1. The lowest BCUT2D eigenvalue weighted by atomic mass is 10.1. The molecule has 0 atom stereocenters. The van der Waals surface area contributed by atoms with E-state index in [-0.39, 0.29) is 16.9 Å². The Balaban J connectivity index is 1.96. The molecule has 2 N–H and O–H groups in total. The first-order valence-electron chi connectivity index (χ1n) is 7.52. The predicted octanol–water partition coefficient (Wildman–Crippen LogP) is 2.44. The summed E-state index contributed by atoms with van der Waals surface area (Å²) in [5.41, 5.74) is 0.502. The van der Waals surface area contributed by atoms with Gasteiger partial charge in [0.15, 0.2) is 6.61 Å². The van der Waals surface area contributed by atoms with Crippen LogP contribution in [0, 0.1) is 10.1 Å². The lowest BCUT2D eigenvalue weighted by molar-refractivity contribution is -0.384. The van der Waals surface area contributed by atoms with Crippen molar-refractivity contribution in [3.05, 3.63) is 58.1 Å². The highest BCUT2D eigenvalue weighted by Crippen LogP contribution is 2.25. The van der Waals surface area contributed by atoms with Crippen molar-refractivity contribution in [2.24, 2.45) is 0 Å². The van der Waals surface area contributed by atoms with Crippen LogP contribution in [-0.2, 0) is 9.53 Å². The maximum Gasteiger partial charge on any atom is 0.338 e. The van der Waals surface area contributed by atoms with E-state index in [2.05, 4.69) is 10.6 Å². The van der Waals surface area contributed by atoms with Gasteiger partial charge in [-0.3, -0.25) is 14.9 Å². The Bertz CT molecular complexity index is 820. The Morgan fingerprint density at radius 3 is 2.42 bits per heavy atom. The molecule has 26 heavy (non-hydrogen) atoms. The van der Waals surface area contributed by atoms with Gasteiger partial charge in [-0.2, -0.15) is 0 Å². The SMILES string of the molecule is CNc1ccc(C(=O)OCC(=O)Nc2ccc(OC)cc2)cc1[N+](=O)[O-]. The van der Waals surface area contributed by atoms with E-state index in [0.717, 1.165) is 6.07 Å². The van der Waals surface area contributed by atoms with Crippen molar-refractivity contribution < 1.29 is 24.0 Å². The van der Waals surface area contributed by atoms with Crippen molar-refractivity contribution in [1.29, 1.82) is 0 Å². The van der Waals surface area contributed by atoms with Gasteiger partial charge < -0.3 is 20.1 Å². The highest BCUT2D eigenvalue weighted by molar-refractivity contribution is 5.96. The summed E-state index contributed by atoms with van der Waals surface area (Å²) in [6, 6.07) is 10.5. The Labute approximate surface area is 149 Å². The molecule has 2 aromatic rings. The zero-order chi connectivity index (χ0) is 19.1. The van der Waals surface area contributed by atoms with Gasteiger partial charge >= 0.3 is 5.97 Å². The van der Waals surface area contributed by atoms with Gasteiger partial charge in [0.25, 0.3) is 11.6 Å². The van der Waals surface area contributed by atoms with E-state index in [1.165, 1.54) is 26.3 Å². The molecule has 0 saturated heterocycles. The molecule has 2 rings (SSSR count). The molecule has 0 aliphatic rings. The Kier molecular flexibility index (Phi) is 6.10. The standard InChI is InChI=1S/C17H17N3O6/c1-18-14-8-3-11(9-15(14)20(23)24)17(22)26-10-16(21)19-12-4-6-13(25-2)7-5-12/h3-9,18H,10H2,1-2H3,(H,19,21). The number of nitrogens with zero attached hydrogens (tertiary/aromatic N) is 1. The van der Waals surface area contributed by atoms with E-state index in [4.69, 9.17) is 9.47 Å². The fraction of sp³-hybridized carbons (Fsp3) is 0.176. The van der Waals surface area contributed by atoms with Crippen LogP contribution >= 0.6 is 0 Å². The highest BCUT2D eigenvalue weighted by Gasteiger charge is 2.18. The summed E-state index contributed by atoms with van der Waals surface area (Å²) in [5, 5.41) is 16.2. The molecule has 1 amide bonds. The molecule has 0 saturated carbocycles. The summed E-state index contributed by atoms with van der Waals surface area (Å²) < 4.78 is 9.91. The third kappa shape index (κ3) is 4.69. The molecule has 0 aromatic heterocycles. The number of anilines is 2. The van der Waals surface area contributed by atoms with Gasteiger partial charge in [0, 0.05) is 18.8 Å². The molecule has 0 fully saturated rings. The van der Waals surface area contributed by atoms with Gasteiger partial charge in [-0.05, 0) is 36.4 Å². The van der Waals surface area contributed by atoms with Crippen LogP contribution in [0.1, 0.15) is 10.4 Å². The average molecular weight is 359 g/mol. The molecule has 9 nitrogen and oxygen atoms in total. The quantitative estimate of drug-likeness (QED) is 0.442. The van der Waals surface area contributed by atoms with Crippen LogP contribution in [0.15, 0.2) is 42.5 Å². The van der Waals surface area contributed by atoms with Gasteiger partial charge in [-0.15, -0.1) is 0 Å². The number of amides is 1. The van der Waals surface area contributed by atoms with Gasteiger partial charge in [0.2, 0.25) is 0 Å². The topological polar surface area (TPSA) is 120 Å². The second-order valence-corrected chi connectivity index (χ2v) is 5.09. The maximum atomic E-state index is 12.0. The summed E-state index contributed by atoms with van der Waals surface area (Å²) in [7, 11) is 3.06. The zero-order valence-corrected chi connectivity index (χ0v) is 14.1. The summed E-state index contributed by atoms with van der Waals surface area (Å²) in [6.07, 6.45) is 0. The number of hydrogen-bond acceptors (Lipinski definition) is 7. The molecule has 0 spiro atoms. The fourth-order valence-corrected chi connectivity index (χ4v) is 2.11. The van der Waals surface area contributed by atoms with Crippen molar-refractivity contribution in [2.45, 2.75) is 0 Å². The molecular formula is C17H17N3O6. The van der Waals surface area contributed by atoms with Crippen molar-refractivity contribution in [2.75, 3.05) is 31.4 Å². The number of carbonyl (C=O) groups excluding carboxylic acids is 2. The Morgan fingerprint density at radius 1 is 1.15 bits per heavy atom. The molecule has 0 heterocycles. The van der Waals surface area contributed by atoms with Gasteiger partial charge in [0.05, 0.1) is 17.6 Å². The lowest BCUT2D eigenvalue weighted by Gasteiger charge is -2.08. The Morgan fingerprint density at radius 2 is 1.85 bits per heavy atom. The van der Waals surface area contributed by atoms with Crippen LogP contribution in [0.25, 0.3) is 0 Å². The number of nitro groups is 1. The van der Waals surface area contributed by atoms with Crippen molar-refractivity contribution in [3.63, 3.8) is 0 Å². The Hall–Kier alpha value is -3.62. The third-order valence-electron chi connectivity index (χ3n) is 3.41. The molecule has 2 aromatic carbocycles. The minimum atomic E-state index is -0.833. The molecule has 136 valence electrons. The van der Waals surface area contributed by atoms with Crippen LogP contribution < -0.4 is 15.4 Å². The van der Waals surface area contributed by atoms with Crippen LogP contribution in [0.4, 0.5) is 17.1 Å². The lowest BCUT2D eigenvalue weighted by Crippen LogP contribution is -2.21. The summed E-state index contributed by atoms with van der Waals surface area (Å²) in [6.45, 7) is -0.521. The van der Waals surface area contributed by atoms with E-state index < -0.39 is 23.4 Å². The third-order valence-corrected chi connectivity index (χ3v) is 3.41. The smallest absolute Gasteiger partial charge is 0.338 e. The van der Waals surface area contributed by atoms with E-state index >= 15 is 0 Å². The molecule has 9 heteroatoms. The second-order valence-electron chi connectivity index (χ2n) is 5.09. The number of rotatable bonds is 7. The average Bonchev–Trinajstić information content (AvgIpc) is 2.66. The minimum Gasteiger partial charge on any atom is -0.497 e. The highest BCUT2D eigenvalue weighted by atomic mass is 16.6. The molecule has 0 aliphatic heterocycles. The van der Waals surface area contributed by atoms with Crippen LogP contribution in [0.5, 0.6) is 5.75 Å². The predicted molar refractivity (Wildman–Crippen MR) is 94.5 cm³/mol. The number of methoxy groups -OCH3 is 1. The molecule has 0 aliphatic carbocycles. The fourth-order valence-electron chi connectivity index (χ4n) is 2.11. The number of nitrogens with one attached hydrogen (secondary N) is 2. The van der Waals surface area contributed by atoms with Gasteiger partial charge in [-0.1, -0.05) is 0 Å². The van der Waals surface area contributed by atoms with E-state index in [9.17, 15) is 19.7 Å². The largest absolute Gasteiger partial charge is 0.497 e. The molecule has 0 unspecified atom stereocenters. The van der Waals surface area contributed by atoms with E-state index in [0.29, 0.717) is 11.4 Å². The summed E-state index contributed by atoms with van der Waals surface area (Å²) in [4.78, 5) is 34.2. The summed E-state index contributed by atoms with van der Waals surface area (Å²) >= 11 is 0. The number of carbonyl (C=O) groups is 2. The monoisotopic (exact) mass is 359 g/mol. The van der Waals surface area contributed by atoms with E-state index in [1.54, 1.807) is 24.3 Å². The van der Waals surface area contributed by atoms with Crippen molar-refractivity contribution in [1.82, 2.24) is 0 Å². The van der Waals surface area contributed by atoms with Gasteiger partial charge in [0.1, 0.15) is 11.4 Å². The summed E-state index contributed by atoms with van der Waals surface area (Å²) in [5.74, 6) is -0.730. The van der Waals surface area contributed by atoms with E-state index in [1.807, 2.05) is 0 Å². The second kappa shape index (κ2) is 8.47. The van der Waals surface area contributed by atoms with Crippen LogP contribution in [-0.4, -0.2) is 37.6 Å². The first-order valence-corrected chi connectivity index (χ1v) is 7.52. The number of benzene rings is 2. The van der Waals surface area contributed by atoms with Crippen LogP contribution in [0.2, 0.25) is 0 Å². The van der Waals surface area contributed by atoms with Crippen molar-refractivity contribution in [3.8, 4) is 5.75 Å². The van der Waals surface area contributed by atoms with Crippen LogP contribution in [0.3, 0.4) is 0 Å². The molecule has 0 bridgehead atoms. The van der Waals surface area contributed by atoms with Gasteiger partial charge in [-0.25, -0.2) is 4.79 Å². The molecular weight excluding hydrogens is 342 g/mol.